The summed E-state index contributed by atoms with van der Waals surface area (Å²) in [6.07, 6.45) is 3.53. The second-order valence-electron chi connectivity index (χ2n) is 5.75. The van der Waals surface area contributed by atoms with Crippen molar-refractivity contribution in [1.82, 2.24) is 9.80 Å². The lowest BCUT2D eigenvalue weighted by Crippen LogP contribution is -2.48. The SMILES string of the molecule is O=C(CC(=O)N1CCC2(CC1)OCCO2)N1CCCC1. The molecule has 3 aliphatic rings. The van der Waals surface area contributed by atoms with Gasteiger partial charge in [-0.15, -0.1) is 0 Å². The van der Waals surface area contributed by atoms with Gasteiger partial charge in [-0.25, -0.2) is 0 Å². The maximum atomic E-state index is 12.2. The van der Waals surface area contributed by atoms with Crippen LogP contribution in [-0.4, -0.2) is 66.8 Å². The molecule has 0 aromatic heterocycles. The molecule has 0 aromatic carbocycles. The highest BCUT2D eigenvalue weighted by Crippen LogP contribution is 2.31. The number of piperidine rings is 1. The quantitative estimate of drug-likeness (QED) is 0.686. The Bertz CT molecular complexity index is 377. The van der Waals surface area contributed by atoms with Gasteiger partial charge in [0.2, 0.25) is 11.8 Å². The molecule has 112 valence electrons. The maximum Gasteiger partial charge on any atom is 0.232 e. The molecule has 3 heterocycles. The molecule has 6 nitrogen and oxygen atoms in total. The normalized spacial score (nSPS) is 25.4. The van der Waals surface area contributed by atoms with E-state index in [2.05, 4.69) is 0 Å². The Morgan fingerprint density at radius 1 is 0.850 bits per heavy atom. The van der Waals surface area contributed by atoms with Crippen LogP contribution in [0, 0.1) is 0 Å². The van der Waals surface area contributed by atoms with Gasteiger partial charge in [0, 0.05) is 39.0 Å². The van der Waals surface area contributed by atoms with Crippen LogP contribution in [0.3, 0.4) is 0 Å². The van der Waals surface area contributed by atoms with Gasteiger partial charge in [0.25, 0.3) is 0 Å². The summed E-state index contributed by atoms with van der Waals surface area (Å²) in [5.41, 5.74) is 0. The zero-order valence-electron chi connectivity index (χ0n) is 11.8. The van der Waals surface area contributed by atoms with E-state index in [4.69, 9.17) is 9.47 Å². The molecule has 0 aliphatic carbocycles. The van der Waals surface area contributed by atoms with Crippen LogP contribution in [0.25, 0.3) is 0 Å². The lowest BCUT2D eigenvalue weighted by atomic mass is 10.0. The molecule has 2 amide bonds. The minimum Gasteiger partial charge on any atom is -0.347 e. The van der Waals surface area contributed by atoms with Crippen molar-refractivity contribution < 1.29 is 19.1 Å². The van der Waals surface area contributed by atoms with Crippen LogP contribution in [0.4, 0.5) is 0 Å². The van der Waals surface area contributed by atoms with Crippen LogP contribution in [0.5, 0.6) is 0 Å². The number of nitrogens with zero attached hydrogens (tertiary/aromatic N) is 2. The maximum absolute atomic E-state index is 12.2. The molecule has 6 heteroatoms. The van der Waals surface area contributed by atoms with E-state index in [0.717, 1.165) is 25.9 Å². The van der Waals surface area contributed by atoms with Gasteiger partial charge in [-0.1, -0.05) is 0 Å². The Balaban J connectivity index is 1.47. The van der Waals surface area contributed by atoms with Gasteiger partial charge in [-0.3, -0.25) is 9.59 Å². The first kappa shape index (κ1) is 13.8. The number of amides is 2. The second kappa shape index (κ2) is 5.69. The molecule has 0 saturated carbocycles. The Morgan fingerprint density at radius 2 is 1.35 bits per heavy atom. The van der Waals surface area contributed by atoms with Crippen LogP contribution in [0.15, 0.2) is 0 Å². The summed E-state index contributed by atoms with van der Waals surface area (Å²) < 4.78 is 11.3. The van der Waals surface area contributed by atoms with E-state index in [1.165, 1.54) is 0 Å². The van der Waals surface area contributed by atoms with Crippen LogP contribution in [0.2, 0.25) is 0 Å². The molecule has 3 aliphatic heterocycles. The van der Waals surface area contributed by atoms with Gasteiger partial charge in [-0.2, -0.15) is 0 Å². The standard InChI is InChI=1S/C14H22N2O4/c17-12(15-5-1-2-6-15)11-13(18)16-7-3-14(4-8-16)19-9-10-20-14/h1-11H2. The summed E-state index contributed by atoms with van der Waals surface area (Å²) in [6, 6.07) is 0. The van der Waals surface area contributed by atoms with E-state index >= 15 is 0 Å². The molecule has 0 unspecified atom stereocenters. The summed E-state index contributed by atoms with van der Waals surface area (Å²) in [5, 5.41) is 0. The predicted octanol–water partition coefficient (Wildman–Crippen LogP) is 0.364. The number of hydrogen-bond acceptors (Lipinski definition) is 4. The highest BCUT2D eigenvalue weighted by atomic mass is 16.7. The summed E-state index contributed by atoms with van der Waals surface area (Å²) in [5.74, 6) is -0.550. The molecule has 0 aromatic rings. The molecular weight excluding hydrogens is 260 g/mol. The monoisotopic (exact) mass is 282 g/mol. The fraction of sp³-hybridized carbons (Fsp3) is 0.857. The molecule has 20 heavy (non-hydrogen) atoms. The molecule has 0 N–H and O–H groups in total. The molecule has 0 radical (unpaired) electrons. The molecule has 0 atom stereocenters. The Hall–Kier alpha value is -1.14. The van der Waals surface area contributed by atoms with Crippen molar-refractivity contribution in [2.75, 3.05) is 39.4 Å². The molecule has 1 spiro atoms. The summed E-state index contributed by atoms with van der Waals surface area (Å²) in [7, 11) is 0. The van der Waals surface area contributed by atoms with Gasteiger partial charge < -0.3 is 19.3 Å². The lowest BCUT2D eigenvalue weighted by Gasteiger charge is -2.37. The van der Waals surface area contributed by atoms with Crippen LogP contribution in [-0.2, 0) is 19.1 Å². The highest BCUT2D eigenvalue weighted by molar-refractivity contribution is 5.97. The first-order valence-electron chi connectivity index (χ1n) is 7.52. The van der Waals surface area contributed by atoms with Gasteiger partial charge in [0.05, 0.1) is 13.2 Å². The van der Waals surface area contributed by atoms with E-state index in [1.54, 1.807) is 9.80 Å². The van der Waals surface area contributed by atoms with Crippen molar-refractivity contribution in [2.45, 2.75) is 37.9 Å². The van der Waals surface area contributed by atoms with Crippen LogP contribution in [0.1, 0.15) is 32.1 Å². The number of carbonyl (C=O) groups is 2. The summed E-state index contributed by atoms with van der Waals surface area (Å²) in [6.45, 7) is 4.12. The van der Waals surface area contributed by atoms with Crippen molar-refractivity contribution in [3.8, 4) is 0 Å². The fourth-order valence-electron chi connectivity index (χ4n) is 3.20. The third kappa shape index (κ3) is 2.81. The Morgan fingerprint density at radius 3 is 1.90 bits per heavy atom. The highest BCUT2D eigenvalue weighted by Gasteiger charge is 2.41. The van der Waals surface area contributed by atoms with E-state index in [9.17, 15) is 9.59 Å². The smallest absolute Gasteiger partial charge is 0.232 e. The lowest BCUT2D eigenvalue weighted by molar-refractivity contribution is -0.187. The summed E-state index contributed by atoms with van der Waals surface area (Å²) in [4.78, 5) is 27.7. The van der Waals surface area contributed by atoms with Gasteiger partial charge in [0.1, 0.15) is 6.42 Å². The zero-order valence-corrected chi connectivity index (χ0v) is 11.8. The summed E-state index contributed by atoms with van der Waals surface area (Å²) >= 11 is 0. The topological polar surface area (TPSA) is 59.1 Å². The first-order chi connectivity index (χ1) is 9.69. The van der Waals surface area contributed by atoms with Gasteiger partial charge in [-0.05, 0) is 12.8 Å². The molecule has 3 fully saturated rings. The number of carbonyl (C=O) groups excluding carboxylic acids is 2. The second-order valence-corrected chi connectivity index (χ2v) is 5.75. The zero-order chi connectivity index (χ0) is 14.0. The average molecular weight is 282 g/mol. The van der Waals surface area contributed by atoms with Gasteiger partial charge in [0.15, 0.2) is 5.79 Å². The third-order valence-electron chi connectivity index (χ3n) is 4.45. The molecule has 0 bridgehead atoms. The Kier molecular flexibility index (Phi) is 3.94. The van der Waals surface area contributed by atoms with Crippen molar-refractivity contribution in [1.29, 1.82) is 0 Å². The van der Waals surface area contributed by atoms with E-state index in [0.29, 0.717) is 39.1 Å². The molecule has 3 rings (SSSR count). The van der Waals surface area contributed by atoms with Gasteiger partial charge >= 0.3 is 0 Å². The largest absolute Gasteiger partial charge is 0.347 e. The third-order valence-corrected chi connectivity index (χ3v) is 4.45. The molecular formula is C14H22N2O4. The molecule has 3 saturated heterocycles. The fourth-order valence-corrected chi connectivity index (χ4v) is 3.20. The Labute approximate surface area is 119 Å². The number of ether oxygens (including phenoxy) is 2. The van der Waals surface area contributed by atoms with Crippen molar-refractivity contribution in [2.24, 2.45) is 0 Å². The number of hydrogen-bond donors (Lipinski definition) is 0. The first-order valence-corrected chi connectivity index (χ1v) is 7.52. The average Bonchev–Trinajstić information content (AvgIpc) is 3.11. The van der Waals surface area contributed by atoms with Crippen LogP contribution >= 0.6 is 0 Å². The van der Waals surface area contributed by atoms with Crippen LogP contribution < -0.4 is 0 Å². The van der Waals surface area contributed by atoms with Crippen molar-refractivity contribution in [3.63, 3.8) is 0 Å². The van der Waals surface area contributed by atoms with Crippen molar-refractivity contribution in [3.05, 3.63) is 0 Å². The van der Waals surface area contributed by atoms with E-state index in [1.807, 2.05) is 0 Å². The number of likely N-dealkylation sites (tertiary alicyclic amines) is 2. The minimum atomic E-state index is -0.463. The number of rotatable bonds is 2. The predicted molar refractivity (Wildman–Crippen MR) is 70.9 cm³/mol. The van der Waals surface area contributed by atoms with Crippen molar-refractivity contribution >= 4 is 11.8 Å². The van der Waals surface area contributed by atoms with E-state index in [-0.39, 0.29) is 18.2 Å². The minimum absolute atomic E-state index is 0.00865. The van der Waals surface area contributed by atoms with E-state index < -0.39 is 5.79 Å².